The van der Waals surface area contributed by atoms with E-state index in [9.17, 15) is 31.1 Å². The molecule has 1 saturated heterocycles. The molecule has 1 heterocycles. The van der Waals surface area contributed by atoms with E-state index in [1.54, 1.807) is 0 Å². The number of rotatable bonds is 6. The summed E-state index contributed by atoms with van der Waals surface area (Å²) in [5.74, 6) is -0.345. The molecule has 1 aromatic rings. The highest BCUT2D eigenvalue weighted by Crippen LogP contribution is 2.45. The first-order valence-corrected chi connectivity index (χ1v) is 11.3. The molecule has 0 radical (unpaired) electrons. The van der Waals surface area contributed by atoms with E-state index in [4.69, 9.17) is 0 Å². The van der Waals surface area contributed by atoms with Gasteiger partial charge in [0.15, 0.2) is 0 Å². The first-order valence-electron chi connectivity index (χ1n) is 11.3. The van der Waals surface area contributed by atoms with Gasteiger partial charge in [0.25, 0.3) is 0 Å². The lowest BCUT2D eigenvalue weighted by atomic mass is 9.74. The van der Waals surface area contributed by atoms with Crippen LogP contribution in [0.2, 0.25) is 0 Å². The zero-order valence-electron chi connectivity index (χ0n) is 18.8. The highest BCUT2D eigenvalue weighted by Gasteiger charge is 2.47. The van der Waals surface area contributed by atoms with Gasteiger partial charge in [-0.3, -0.25) is 4.79 Å². The number of hydrogen-bond acceptors (Lipinski definition) is 3. The molecule has 33 heavy (non-hydrogen) atoms. The Morgan fingerprint density at radius 2 is 1.58 bits per heavy atom. The van der Waals surface area contributed by atoms with Crippen LogP contribution < -0.4 is 16.0 Å². The number of nitrogens with one attached hydrogen (secondary N) is 3. The average molecular weight is 480 g/mol. The van der Waals surface area contributed by atoms with Crippen LogP contribution in [-0.2, 0) is 23.7 Å². The van der Waals surface area contributed by atoms with Crippen LogP contribution in [0.4, 0.5) is 26.3 Å². The zero-order chi connectivity index (χ0) is 24.4. The summed E-state index contributed by atoms with van der Waals surface area (Å²) < 4.78 is 78.7. The Bertz CT molecular complexity index is 800. The molecule has 0 bridgehead atoms. The predicted molar refractivity (Wildman–Crippen MR) is 112 cm³/mol. The standard InChI is InChI=1S/C23H31F6N3O/c1-14(2)21(6-3-19(12-21)32-18-4-7-30-8-5-18)20(33)31-13-15-9-16(22(24,25)26)11-17(10-15)23(27,28)29/h9-11,14,18-19,30,32H,3-8,12-13H2,1-2H3,(H,31,33)/t19-,21+/m1/s1. The van der Waals surface area contributed by atoms with Gasteiger partial charge in [-0.25, -0.2) is 0 Å². The molecule has 10 heteroatoms. The van der Waals surface area contributed by atoms with Gasteiger partial charge in [-0.2, -0.15) is 26.3 Å². The smallest absolute Gasteiger partial charge is 0.352 e. The van der Waals surface area contributed by atoms with Crippen molar-refractivity contribution in [2.75, 3.05) is 13.1 Å². The molecule has 0 spiro atoms. The van der Waals surface area contributed by atoms with Crippen molar-refractivity contribution in [3.63, 3.8) is 0 Å². The maximum atomic E-state index is 13.2. The van der Waals surface area contributed by atoms with E-state index in [0.29, 0.717) is 31.0 Å². The van der Waals surface area contributed by atoms with E-state index in [2.05, 4.69) is 16.0 Å². The molecule has 2 aliphatic rings. The van der Waals surface area contributed by atoms with E-state index < -0.39 is 35.4 Å². The number of carbonyl (C=O) groups is 1. The van der Waals surface area contributed by atoms with Crippen LogP contribution in [0.25, 0.3) is 0 Å². The Labute approximate surface area is 189 Å². The van der Waals surface area contributed by atoms with Crippen molar-refractivity contribution in [3.8, 4) is 0 Å². The lowest BCUT2D eigenvalue weighted by Gasteiger charge is -2.33. The number of amides is 1. The SMILES string of the molecule is CC(C)[C@]1(C(=O)NCc2cc(C(F)(F)F)cc(C(F)(F)F)c2)CC[C@@H](NC2CCNCC2)C1. The molecular weight excluding hydrogens is 448 g/mol. The molecule has 3 N–H and O–H groups in total. The lowest BCUT2D eigenvalue weighted by Crippen LogP contribution is -2.46. The van der Waals surface area contributed by atoms with Gasteiger partial charge in [-0.1, -0.05) is 13.8 Å². The van der Waals surface area contributed by atoms with E-state index in [1.165, 1.54) is 0 Å². The summed E-state index contributed by atoms with van der Waals surface area (Å²) in [5, 5.41) is 9.57. The molecule has 0 aromatic heterocycles. The van der Waals surface area contributed by atoms with Gasteiger partial charge in [0.05, 0.1) is 16.5 Å². The first-order chi connectivity index (χ1) is 15.3. The lowest BCUT2D eigenvalue weighted by molar-refractivity contribution is -0.143. The van der Waals surface area contributed by atoms with Crippen molar-refractivity contribution in [3.05, 3.63) is 34.9 Å². The quantitative estimate of drug-likeness (QED) is 0.510. The summed E-state index contributed by atoms with van der Waals surface area (Å²) in [6, 6.07) is 1.95. The molecule has 1 saturated carbocycles. The zero-order valence-corrected chi connectivity index (χ0v) is 18.8. The van der Waals surface area contributed by atoms with Crippen molar-refractivity contribution < 1.29 is 31.1 Å². The normalized spacial score (nSPS) is 24.9. The maximum Gasteiger partial charge on any atom is 0.416 e. The minimum atomic E-state index is -4.92. The molecule has 4 nitrogen and oxygen atoms in total. The number of hydrogen-bond donors (Lipinski definition) is 3. The Kier molecular flexibility index (Phi) is 7.68. The molecule has 1 aromatic carbocycles. The summed E-state index contributed by atoms with van der Waals surface area (Å²) >= 11 is 0. The van der Waals surface area contributed by atoms with Crippen LogP contribution in [0, 0.1) is 11.3 Å². The molecular formula is C23H31F6N3O. The van der Waals surface area contributed by atoms with Crippen molar-refractivity contribution in [2.45, 2.75) is 76.9 Å². The topological polar surface area (TPSA) is 53.2 Å². The molecule has 1 aliphatic heterocycles. The van der Waals surface area contributed by atoms with Crippen molar-refractivity contribution in [1.82, 2.24) is 16.0 Å². The minimum Gasteiger partial charge on any atom is -0.352 e. The fourth-order valence-corrected chi connectivity index (χ4v) is 5.01. The van der Waals surface area contributed by atoms with Crippen molar-refractivity contribution in [2.24, 2.45) is 11.3 Å². The van der Waals surface area contributed by atoms with Crippen LogP contribution in [0.1, 0.15) is 62.6 Å². The first kappa shape index (κ1) is 25.8. The predicted octanol–water partition coefficient (Wildman–Crippen LogP) is 4.88. The van der Waals surface area contributed by atoms with E-state index >= 15 is 0 Å². The van der Waals surface area contributed by atoms with Crippen LogP contribution in [0.3, 0.4) is 0 Å². The van der Waals surface area contributed by atoms with Gasteiger partial charge >= 0.3 is 12.4 Å². The second-order valence-electron chi connectivity index (χ2n) is 9.54. The molecule has 1 amide bonds. The summed E-state index contributed by atoms with van der Waals surface area (Å²) in [6.45, 7) is 5.35. The van der Waals surface area contributed by atoms with E-state index in [-0.39, 0.29) is 29.5 Å². The molecule has 2 fully saturated rings. The third-order valence-corrected chi connectivity index (χ3v) is 7.02. The Balaban J connectivity index is 1.71. The van der Waals surface area contributed by atoms with Gasteiger partial charge in [0.2, 0.25) is 5.91 Å². The highest BCUT2D eigenvalue weighted by molar-refractivity contribution is 5.83. The van der Waals surface area contributed by atoms with Gasteiger partial charge in [0.1, 0.15) is 0 Å². The van der Waals surface area contributed by atoms with Crippen LogP contribution >= 0.6 is 0 Å². The van der Waals surface area contributed by atoms with Crippen molar-refractivity contribution >= 4 is 5.91 Å². The number of alkyl halides is 6. The number of carbonyl (C=O) groups excluding carboxylic acids is 1. The summed E-state index contributed by atoms with van der Waals surface area (Å²) in [7, 11) is 0. The van der Waals surface area contributed by atoms with Crippen LogP contribution in [-0.4, -0.2) is 31.1 Å². The molecule has 186 valence electrons. The van der Waals surface area contributed by atoms with Crippen LogP contribution in [0.5, 0.6) is 0 Å². The fourth-order valence-electron chi connectivity index (χ4n) is 5.01. The Hall–Kier alpha value is -1.81. The maximum absolute atomic E-state index is 13.2. The fraction of sp³-hybridized carbons (Fsp3) is 0.696. The number of piperidine rings is 1. The third-order valence-electron chi connectivity index (χ3n) is 7.02. The number of halogens is 6. The van der Waals surface area contributed by atoms with Crippen LogP contribution in [0.15, 0.2) is 18.2 Å². The Morgan fingerprint density at radius 3 is 2.09 bits per heavy atom. The van der Waals surface area contributed by atoms with E-state index in [0.717, 1.165) is 32.4 Å². The van der Waals surface area contributed by atoms with Crippen molar-refractivity contribution in [1.29, 1.82) is 0 Å². The monoisotopic (exact) mass is 479 g/mol. The largest absolute Gasteiger partial charge is 0.416 e. The van der Waals surface area contributed by atoms with Gasteiger partial charge in [-0.05, 0) is 74.9 Å². The minimum absolute atomic E-state index is 0.0235. The average Bonchev–Trinajstić information content (AvgIpc) is 3.16. The molecule has 2 atom stereocenters. The van der Waals surface area contributed by atoms with E-state index in [1.807, 2.05) is 13.8 Å². The molecule has 0 unspecified atom stereocenters. The number of benzene rings is 1. The third kappa shape index (κ3) is 6.20. The second-order valence-corrected chi connectivity index (χ2v) is 9.54. The van der Waals surface area contributed by atoms with Gasteiger partial charge < -0.3 is 16.0 Å². The molecule has 1 aliphatic carbocycles. The van der Waals surface area contributed by atoms with Gasteiger partial charge in [0, 0.05) is 18.6 Å². The summed E-state index contributed by atoms with van der Waals surface area (Å²) in [6.07, 6.45) is -5.80. The second kappa shape index (κ2) is 9.82. The summed E-state index contributed by atoms with van der Waals surface area (Å²) in [4.78, 5) is 13.2. The van der Waals surface area contributed by atoms with Gasteiger partial charge in [-0.15, -0.1) is 0 Å². The molecule has 3 rings (SSSR count). The highest BCUT2D eigenvalue weighted by atomic mass is 19.4. The summed E-state index contributed by atoms with van der Waals surface area (Å²) in [5.41, 5.74) is -3.70. The Morgan fingerprint density at radius 1 is 1.00 bits per heavy atom.